The highest BCUT2D eigenvalue weighted by atomic mass is 79.9. The van der Waals surface area contributed by atoms with Gasteiger partial charge in [-0.2, -0.15) is 0 Å². The van der Waals surface area contributed by atoms with Gasteiger partial charge in [-0.3, -0.25) is 4.79 Å². The van der Waals surface area contributed by atoms with Crippen molar-refractivity contribution < 1.29 is 9.18 Å². The van der Waals surface area contributed by atoms with Crippen molar-refractivity contribution >= 4 is 39.3 Å². The van der Waals surface area contributed by atoms with Crippen molar-refractivity contribution in [1.82, 2.24) is 9.97 Å². The highest BCUT2D eigenvalue weighted by molar-refractivity contribution is 9.10. The van der Waals surface area contributed by atoms with E-state index in [-0.39, 0.29) is 11.6 Å². The molecule has 4 aromatic rings. The first-order valence-corrected chi connectivity index (χ1v) is 11.9. The molecule has 0 bridgehead atoms. The lowest BCUT2D eigenvalue weighted by molar-refractivity contribution is -0.115. The number of aromatic amines is 1. The third-order valence-corrected chi connectivity index (χ3v) is 6.64. The van der Waals surface area contributed by atoms with Crippen LogP contribution in [0.1, 0.15) is 13.3 Å². The van der Waals surface area contributed by atoms with E-state index in [0.29, 0.717) is 16.0 Å². The van der Waals surface area contributed by atoms with Gasteiger partial charge < -0.3 is 10.3 Å². The second-order valence-electron chi connectivity index (χ2n) is 7.13. The van der Waals surface area contributed by atoms with Gasteiger partial charge >= 0.3 is 0 Å². The summed E-state index contributed by atoms with van der Waals surface area (Å²) < 4.78 is 14.8. The quantitative estimate of drug-likeness (QED) is 0.260. The number of aromatic nitrogens is 2. The van der Waals surface area contributed by atoms with E-state index in [1.165, 1.54) is 17.8 Å². The monoisotopic (exact) mass is 509 g/mol. The van der Waals surface area contributed by atoms with Crippen LogP contribution in [0.25, 0.3) is 22.5 Å². The molecule has 0 saturated heterocycles. The van der Waals surface area contributed by atoms with E-state index in [2.05, 4.69) is 26.2 Å². The van der Waals surface area contributed by atoms with Crippen molar-refractivity contribution in [3.05, 3.63) is 89.2 Å². The molecule has 4 nitrogen and oxygen atoms in total. The highest BCUT2D eigenvalue weighted by Crippen LogP contribution is 2.34. The molecule has 7 heteroatoms. The lowest BCUT2D eigenvalue weighted by atomic mass is 10.1. The van der Waals surface area contributed by atoms with Gasteiger partial charge in [-0.05, 0) is 24.6 Å². The number of carbonyl (C=O) groups is 1. The number of nitrogens with one attached hydrogen (secondary N) is 2. The van der Waals surface area contributed by atoms with Gasteiger partial charge in [0.2, 0.25) is 5.91 Å². The molecule has 32 heavy (non-hydrogen) atoms. The maximum absolute atomic E-state index is 14.2. The topological polar surface area (TPSA) is 57.8 Å². The van der Waals surface area contributed by atoms with Gasteiger partial charge in [0.05, 0.1) is 22.3 Å². The summed E-state index contributed by atoms with van der Waals surface area (Å²) in [7, 11) is 0. The summed E-state index contributed by atoms with van der Waals surface area (Å²) in [5, 5.41) is 2.90. The lowest BCUT2D eigenvalue weighted by Gasteiger charge is -2.14. The Labute approximate surface area is 198 Å². The summed E-state index contributed by atoms with van der Waals surface area (Å²) in [5.74, 6) is -0.749. The minimum atomic E-state index is -0.483. The summed E-state index contributed by atoms with van der Waals surface area (Å²) in [5.41, 5.74) is 3.89. The number of carbonyl (C=O) groups excluding carboxylic acids is 1. The number of H-pyrrole nitrogens is 1. The fourth-order valence-corrected chi connectivity index (χ4v) is 4.53. The molecule has 0 spiro atoms. The second-order valence-corrected chi connectivity index (χ2v) is 9.23. The van der Waals surface area contributed by atoms with Crippen molar-refractivity contribution in [2.24, 2.45) is 0 Å². The van der Waals surface area contributed by atoms with Crippen LogP contribution < -0.4 is 5.32 Å². The number of hydrogen-bond donors (Lipinski definition) is 2. The Morgan fingerprint density at radius 3 is 2.34 bits per heavy atom. The van der Waals surface area contributed by atoms with Crippen molar-refractivity contribution in [2.45, 2.75) is 23.8 Å². The van der Waals surface area contributed by atoms with E-state index in [9.17, 15) is 9.18 Å². The molecule has 1 amide bonds. The fraction of sp³-hybridized carbons (Fsp3) is 0.120. The van der Waals surface area contributed by atoms with E-state index in [1.54, 1.807) is 12.1 Å². The van der Waals surface area contributed by atoms with E-state index in [0.717, 1.165) is 22.5 Å². The van der Waals surface area contributed by atoms with Crippen molar-refractivity contribution in [2.75, 3.05) is 5.32 Å². The summed E-state index contributed by atoms with van der Waals surface area (Å²) >= 11 is 4.57. The maximum atomic E-state index is 14.2. The summed E-state index contributed by atoms with van der Waals surface area (Å²) in [4.78, 5) is 21.1. The van der Waals surface area contributed by atoms with E-state index in [4.69, 9.17) is 4.98 Å². The molecule has 1 unspecified atom stereocenters. The van der Waals surface area contributed by atoms with Crippen molar-refractivity contribution in [1.29, 1.82) is 0 Å². The highest BCUT2D eigenvalue weighted by Gasteiger charge is 2.23. The molecular weight excluding hydrogens is 489 g/mol. The SMILES string of the molecule is CCC(Sc1nc(-c2ccccc2)c(-c2ccccc2)[nH]1)C(=O)Nc1ccc(Br)cc1F. The number of hydrogen-bond acceptors (Lipinski definition) is 3. The van der Waals surface area contributed by atoms with Crippen LogP contribution in [0.3, 0.4) is 0 Å². The van der Waals surface area contributed by atoms with E-state index < -0.39 is 11.1 Å². The van der Waals surface area contributed by atoms with Crippen LogP contribution in [0.5, 0.6) is 0 Å². The normalized spacial score (nSPS) is 11.8. The minimum absolute atomic E-state index is 0.159. The van der Waals surface area contributed by atoms with Crippen LogP contribution in [0, 0.1) is 5.82 Å². The summed E-state index contributed by atoms with van der Waals surface area (Å²) in [6.45, 7) is 1.92. The predicted molar refractivity (Wildman–Crippen MR) is 132 cm³/mol. The third kappa shape index (κ3) is 5.11. The van der Waals surface area contributed by atoms with Crippen LogP contribution in [0.15, 0.2) is 88.5 Å². The maximum Gasteiger partial charge on any atom is 0.238 e. The smallest absolute Gasteiger partial charge is 0.238 e. The molecule has 1 atom stereocenters. The van der Waals surface area contributed by atoms with Gasteiger partial charge in [0.1, 0.15) is 5.82 Å². The first-order chi connectivity index (χ1) is 15.5. The number of benzene rings is 3. The minimum Gasteiger partial charge on any atom is -0.332 e. The number of imidazole rings is 1. The Hall–Kier alpha value is -2.90. The molecule has 3 aromatic carbocycles. The van der Waals surface area contributed by atoms with Crippen LogP contribution in [0.2, 0.25) is 0 Å². The lowest BCUT2D eigenvalue weighted by Crippen LogP contribution is -2.25. The zero-order valence-corrected chi connectivity index (χ0v) is 19.7. The largest absolute Gasteiger partial charge is 0.332 e. The van der Waals surface area contributed by atoms with Crippen LogP contribution in [0.4, 0.5) is 10.1 Å². The number of nitrogens with zero attached hydrogens (tertiary/aromatic N) is 1. The van der Waals surface area contributed by atoms with Gasteiger partial charge in [0.25, 0.3) is 0 Å². The average molecular weight is 510 g/mol. The van der Waals surface area contributed by atoms with Crippen molar-refractivity contribution in [3.8, 4) is 22.5 Å². The van der Waals surface area contributed by atoms with Gasteiger partial charge in [0, 0.05) is 15.6 Å². The fourth-order valence-electron chi connectivity index (χ4n) is 3.29. The molecule has 4 rings (SSSR count). The molecule has 0 aliphatic heterocycles. The first-order valence-electron chi connectivity index (χ1n) is 10.2. The Balaban J connectivity index is 1.61. The second kappa shape index (κ2) is 10.1. The van der Waals surface area contributed by atoms with Gasteiger partial charge in [-0.25, -0.2) is 9.37 Å². The van der Waals surface area contributed by atoms with Gasteiger partial charge in [0.15, 0.2) is 5.16 Å². The van der Waals surface area contributed by atoms with Crippen LogP contribution in [-0.2, 0) is 4.79 Å². The first kappa shape index (κ1) is 22.3. The predicted octanol–water partition coefficient (Wildman–Crippen LogP) is 7.15. The number of thioether (sulfide) groups is 1. The van der Waals surface area contributed by atoms with Crippen LogP contribution in [-0.4, -0.2) is 21.1 Å². The molecule has 162 valence electrons. The van der Waals surface area contributed by atoms with E-state index >= 15 is 0 Å². The average Bonchev–Trinajstić information content (AvgIpc) is 3.24. The standard InChI is InChI=1S/C25H21BrFN3OS/c1-2-21(24(31)28-20-14-13-18(26)15-19(20)27)32-25-29-22(16-9-5-3-6-10-16)23(30-25)17-11-7-4-8-12-17/h3-15,21H,2H2,1H3,(H,28,31)(H,29,30). The molecule has 0 saturated carbocycles. The molecule has 0 fully saturated rings. The molecule has 0 radical (unpaired) electrons. The van der Waals surface area contributed by atoms with Crippen molar-refractivity contribution in [3.63, 3.8) is 0 Å². The third-order valence-electron chi connectivity index (χ3n) is 4.90. The molecule has 1 aromatic heterocycles. The van der Waals surface area contributed by atoms with Crippen LogP contribution >= 0.6 is 27.7 Å². The summed E-state index contributed by atoms with van der Waals surface area (Å²) in [6, 6.07) is 24.5. The van der Waals surface area contributed by atoms with Gasteiger partial charge in [-0.15, -0.1) is 0 Å². The number of rotatable bonds is 7. The number of anilines is 1. The number of amides is 1. The summed E-state index contributed by atoms with van der Waals surface area (Å²) in [6.07, 6.45) is 0.566. The van der Waals surface area contributed by atoms with Gasteiger partial charge in [-0.1, -0.05) is 95.3 Å². The number of halogens is 2. The Morgan fingerprint density at radius 1 is 1.06 bits per heavy atom. The molecule has 2 N–H and O–H groups in total. The Kier molecular flexibility index (Phi) is 7.07. The van der Waals surface area contributed by atoms with E-state index in [1.807, 2.05) is 67.6 Å². The molecule has 0 aliphatic carbocycles. The Morgan fingerprint density at radius 2 is 1.72 bits per heavy atom. The molecular formula is C25H21BrFN3OS. The Bertz CT molecular complexity index is 1160. The zero-order valence-electron chi connectivity index (χ0n) is 17.3. The molecule has 0 aliphatic rings. The zero-order chi connectivity index (χ0) is 22.5. The molecule has 1 heterocycles.